The minimum absolute atomic E-state index is 0.00443. The highest BCUT2D eigenvalue weighted by Gasteiger charge is 2.10. The zero-order valence-electron chi connectivity index (χ0n) is 13.5. The number of pyridine rings is 1. The second-order valence-corrected chi connectivity index (χ2v) is 5.00. The van der Waals surface area contributed by atoms with Gasteiger partial charge in [0, 0.05) is 19.4 Å². The topological polar surface area (TPSA) is 124 Å². The predicted molar refractivity (Wildman–Crippen MR) is 96.8 cm³/mol. The lowest BCUT2D eigenvalue weighted by atomic mass is 10.2. The maximum atomic E-state index is 5.89. The monoisotopic (exact) mass is 335 g/mol. The lowest BCUT2D eigenvalue weighted by Crippen LogP contribution is -2.21. The van der Waals surface area contributed by atoms with E-state index in [1.807, 2.05) is 12.1 Å². The number of anilines is 1. The molecule has 126 valence electrons. The van der Waals surface area contributed by atoms with Crippen LogP contribution in [0, 0.1) is 0 Å². The molecule has 8 heteroatoms. The summed E-state index contributed by atoms with van der Waals surface area (Å²) in [5.41, 5.74) is 12.8. The molecule has 0 aliphatic heterocycles. The van der Waals surface area contributed by atoms with Gasteiger partial charge in [0.1, 0.15) is 5.75 Å². The molecule has 0 saturated heterocycles. The first-order chi connectivity index (χ1) is 12.2. The van der Waals surface area contributed by atoms with Crippen LogP contribution in [0.25, 0.3) is 11.3 Å². The van der Waals surface area contributed by atoms with E-state index >= 15 is 0 Å². The third-order valence-corrected chi connectivity index (χ3v) is 3.24. The molecule has 0 bridgehead atoms. The predicted octanol–water partition coefficient (Wildman–Crippen LogP) is 2.28. The van der Waals surface area contributed by atoms with Gasteiger partial charge in [-0.05, 0) is 42.5 Å². The molecular weight excluding hydrogens is 318 g/mol. The van der Waals surface area contributed by atoms with E-state index in [-0.39, 0.29) is 5.96 Å². The molecule has 0 unspecified atom stereocenters. The van der Waals surface area contributed by atoms with Crippen LogP contribution < -0.4 is 21.5 Å². The Kier molecular flexibility index (Phi) is 4.70. The zero-order chi connectivity index (χ0) is 17.6. The number of ether oxygens (including phenoxy) is 1. The number of nitrogens with two attached hydrogens (primary N) is 2. The van der Waals surface area contributed by atoms with Crippen molar-refractivity contribution < 1.29 is 4.74 Å². The second-order valence-electron chi connectivity index (χ2n) is 5.00. The van der Waals surface area contributed by atoms with Crippen LogP contribution in [-0.4, -0.2) is 28.0 Å². The first kappa shape index (κ1) is 16.2. The molecule has 3 rings (SSSR count). The third kappa shape index (κ3) is 3.99. The van der Waals surface area contributed by atoms with Crippen molar-refractivity contribution in [2.75, 3.05) is 12.4 Å². The highest BCUT2D eigenvalue weighted by Crippen LogP contribution is 2.31. The third-order valence-electron chi connectivity index (χ3n) is 3.24. The van der Waals surface area contributed by atoms with Crippen LogP contribution in [0.4, 0.5) is 11.6 Å². The summed E-state index contributed by atoms with van der Waals surface area (Å²) in [5, 5.41) is 2.91. The maximum Gasteiger partial charge on any atom is 0.228 e. The number of benzene rings is 1. The molecule has 2 heterocycles. The van der Waals surface area contributed by atoms with Crippen LogP contribution in [0.5, 0.6) is 11.6 Å². The number of aromatic nitrogens is 3. The molecular formula is C17H17N7O. The molecule has 0 saturated carbocycles. The van der Waals surface area contributed by atoms with Gasteiger partial charge in [0.05, 0.1) is 16.9 Å². The van der Waals surface area contributed by atoms with Crippen LogP contribution in [0.2, 0.25) is 0 Å². The summed E-state index contributed by atoms with van der Waals surface area (Å²) in [6, 6.07) is 12.5. The maximum absolute atomic E-state index is 5.89. The van der Waals surface area contributed by atoms with Gasteiger partial charge in [-0.3, -0.25) is 0 Å². The number of nitrogens with one attached hydrogen (secondary N) is 1. The second kappa shape index (κ2) is 7.26. The van der Waals surface area contributed by atoms with Crippen molar-refractivity contribution in [3.05, 3.63) is 54.9 Å². The van der Waals surface area contributed by atoms with E-state index in [1.54, 1.807) is 49.8 Å². The summed E-state index contributed by atoms with van der Waals surface area (Å²) in [6.45, 7) is 0. The summed E-state index contributed by atoms with van der Waals surface area (Å²) in [6.07, 6.45) is 3.34. The molecule has 0 aliphatic carbocycles. The minimum atomic E-state index is 0.00443. The lowest BCUT2D eigenvalue weighted by molar-refractivity contribution is 0.465. The minimum Gasteiger partial charge on any atom is -0.438 e. The van der Waals surface area contributed by atoms with Crippen molar-refractivity contribution in [1.82, 2.24) is 15.0 Å². The molecule has 0 amide bonds. The summed E-state index contributed by atoms with van der Waals surface area (Å²) < 4.78 is 5.89. The Morgan fingerprint density at radius 2 is 1.84 bits per heavy atom. The smallest absolute Gasteiger partial charge is 0.228 e. The first-order valence-corrected chi connectivity index (χ1v) is 7.49. The van der Waals surface area contributed by atoms with Crippen LogP contribution in [0.3, 0.4) is 0 Å². The van der Waals surface area contributed by atoms with E-state index in [0.29, 0.717) is 29.0 Å². The van der Waals surface area contributed by atoms with Gasteiger partial charge in [0.15, 0.2) is 5.96 Å². The van der Waals surface area contributed by atoms with Crippen molar-refractivity contribution in [3.8, 4) is 22.9 Å². The number of hydrogen-bond acceptors (Lipinski definition) is 6. The molecule has 0 fully saturated rings. The fourth-order valence-electron chi connectivity index (χ4n) is 2.15. The first-order valence-electron chi connectivity index (χ1n) is 7.49. The van der Waals surface area contributed by atoms with Crippen molar-refractivity contribution in [1.29, 1.82) is 0 Å². The highest BCUT2D eigenvalue weighted by atomic mass is 16.5. The average molecular weight is 335 g/mol. The van der Waals surface area contributed by atoms with Crippen molar-refractivity contribution >= 4 is 17.6 Å². The van der Waals surface area contributed by atoms with Gasteiger partial charge < -0.3 is 21.5 Å². The van der Waals surface area contributed by atoms with Gasteiger partial charge in [0.25, 0.3) is 0 Å². The molecule has 8 nitrogen and oxygen atoms in total. The van der Waals surface area contributed by atoms with Crippen LogP contribution in [0.1, 0.15) is 0 Å². The number of nitrogens with zero attached hydrogens (tertiary/aromatic N) is 4. The molecule has 2 aromatic heterocycles. The fourth-order valence-corrected chi connectivity index (χ4v) is 2.15. The van der Waals surface area contributed by atoms with Crippen LogP contribution in [-0.2, 0) is 0 Å². The van der Waals surface area contributed by atoms with E-state index < -0.39 is 0 Å². The van der Waals surface area contributed by atoms with Gasteiger partial charge in [-0.2, -0.15) is 0 Å². The Labute approximate surface area is 144 Å². The largest absolute Gasteiger partial charge is 0.438 e. The van der Waals surface area contributed by atoms with E-state index in [2.05, 4.69) is 25.3 Å². The van der Waals surface area contributed by atoms with E-state index in [0.717, 1.165) is 5.56 Å². The van der Waals surface area contributed by atoms with Crippen molar-refractivity contribution in [2.24, 2.45) is 16.5 Å². The lowest BCUT2D eigenvalue weighted by Gasteiger charge is -2.10. The number of hydrogen-bond donors (Lipinski definition) is 3. The fraction of sp³-hybridized carbons (Fsp3) is 0.0588. The highest BCUT2D eigenvalue weighted by molar-refractivity contribution is 5.79. The van der Waals surface area contributed by atoms with Gasteiger partial charge >= 0.3 is 0 Å². The van der Waals surface area contributed by atoms with E-state index in [9.17, 15) is 0 Å². The average Bonchev–Trinajstić information content (AvgIpc) is 2.63. The number of rotatable bonds is 5. The Morgan fingerprint density at radius 3 is 2.56 bits per heavy atom. The zero-order valence-corrected chi connectivity index (χ0v) is 13.5. The summed E-state index contributed by atoms with van der Waals surface area (Å²) in [7, 11) is 1.76. The summed E-state index contributed by atoms with van der Waals surface area (Å²) in [4.78, 5) is 16.8. The Morgan fingerprint density at radius 1 is 1.04 bits per heavy atom. The molecule has 0 atom stereocenters. The molecule has 1 aromatic carbocycles. The van der Waals surface area contributed by atoms with Gasteiger partial charge in [-0.15, -0.1) is 0 Å². The molecule has 25 heavy (non-hydrogen) atoms. The standard InChI is InChI=1S/C17H17N7O/c1-20-17-22-10-8-14(24-17)13-3-2-9-21-15(13)25-12-6-4-11(5-7-12)23-16(18)19/h2-10H,1H3,(H4,18,19,23)(H,20,22,24). The van der Waals surface area contributed by atoms with E-state index in [4.69, 9.17) is 16.2 Å². The van der Waals surface area contributed by atoms with Gasteiger partial charge in [-0.1, -0.05) is 0 Å². The van der Waals surface area contributed by atoms with Crippen LogP contribution >= 0.6 is 0 Å². The molecule has 3 aromatic rings. The van der Waals surface area contributed by atoms with Crippen molar-refractivity contribution in [3.63, 3.8) is 0 Å². The van der Waals surface area contributed by atoms with Crippen LogP contribution in [0.15, 0.2) is 59.9 Å². The molecule has 0 spiro atoms. The molecule has 0 radical (unpaired) electrons. The van der Waals surface area contributed by atoms with E-state index in [1.165, 1.54) is 0 Å². The normalized spacial score (nSPS) is 10.1. The van der Waals surface area contributed by atoms with Gasteiger partial charge in [0.2, 0.25) is 11.8 Å². The Hall–Kier alpha value is -3.68. The summed E-state index contributed by atoms with van der Waals surface area (Å²) in [5.74, 6) is 1.58. The quantitative estimate of drug-likeness (QED) is 0.482. The number of guanidine groups is 1. The molecule has 0 aliphatic rings. The summed E-state index contributed by atoms with van der Waals surface area (Å²) >= 11 is 0. The SMILES string of the molecule is CNc1nccc(-c2cccnc2Oc2ccc(N=C(N)N)cc2)n1. The molecule has 5 N–H and O–H groups in total. The Bertz CT molecular complexity index is 890. The van der Waals surface area contributed by atoms with Gasteiger partial charge in [-0.25, -0.2) is 19.9 Å². The Balaban J connectivity index is 1.89. The van der Waals surface area contributed by atoms with Crippen molar-refractivity contribution in [2.45, 2.75) is 0 Å². The number of aliphatic imine (C=N–C) groups is 1.